The lowest BCUT2D eigenvalue weighted by atomic mass is 10.1. The van der Waals surface area contributed by atoms with E-state index in [2.05, 4.69) is 31.2 Å². The van der Waals surface area contributed by atoms with Crippen LogP contribution in [0.15, 0.2) is 22.7 Å². The fraction of sp³-hybridized carbons (Fsp3) is 0.286. The monoisotopic (exact) mass is 323 g/mol. The Morgan fingerprint density at radius 2 is 2.05 bits per heavy atom. The van der Waals surface area contributed by atoms with Crippen LogP contribution in [0.5, 0.6) is 0 Å². The molecule has 1 heterocycles. The maximum Gasteiger partial charge on any atom is 0.162 e. The van der Waals surface area contributed by atoms with Gasteiger partial charge in [0.15, 0.2) is 5.82 Å². The molecular formula is C14H15BrFN3. The number of aryl methyl sites for hydroxylation is 2. The van der Waals surface area contributed by atoms with Crippen LogP contribution in [0.2, 0.25) is 0 Å². The summed E-state index contributed by atoms with van der Waals surface area (Å²) in [6.45, 7) is 3.94. The smallest absolute Gasteiger partial charge is 0.162 e. The summed E-state index contributed by atoms with van der Waals surface area (Å²) >= 11 is 3.48. The molecule has 19 heavy (non-hydrogen) atoms. The Morgan fingerprint density at radius 1 is 1.32 bits per heavy atom. The van der Waals surface area contributed by atoms with Gasteiger partial charge >= 0.3 is 0 Å². The molecule has 0 aliphatic carbocycles. The maximum atomic E-state index is 13.4. The van der Waals surface area contributed by atoms with Gasteiger partial charge < -0.3 is 5.32 Å². The van der Waals surface area contributed by atoms with Crippen molar-refractivity contribution in [3.05, 3.63) is 39.7 Å². The molecular weight excluding hydrogens is 309 g/mol. The van der Waals surface area contributed by atoms with Crippen LogP contribution in [0.4, 0.5) is 10.2 Å². The molecule has 0 amide bonds. The largest absolute Gasteiger partial charge is 0.372 e. The van der Waals surface area contributed by atoms with E-state index in [0.717, 1.165) is 27.7 Å². The summed E-state index contributed by atoms with van der Waals surface area (Å²) in [7, 11) is 1.80. The van der Waals surface area contributed by atoms with E-state index in [-0.39, 0.29) is 5.82 Å². The summed E-state index contributed by atoms with van der Waals surface area (Å²) in [5.74, 6) is 0.975. The predicted octanol–water partition coefficient (Wildman–Crippen LogP) is 3.96. The van der Waals surface area contributed by atoms with Crippen LogP contribution in [0, 0.1) is 12.7 Å². The van der Waals surface area contributed by atoms with Gasteiger partial charge in [-0.2, -0.15) is 0 Å². The second-order valence-electron chi connectivity index (χ2n) is 4.22. The minimum Gasteiger partial charge on any atom is -0.372 e. The Labute approximate surface area is 120 Å². The van der Waals surface area contributed by atoms with Gasteiger partial charge in [0.05, 0.1) is 10.2 Å². The molecule has 1 aromatic carbocycles. The van der Waals surface area contributed by atoms with Crippen molar-refractivity contribution in [2.45, 2.75) is 20.3 Å². The van der Waals surface area contributed by atoms with Gasteiger partial charge in [-0.05, 0) is 47.0 Å². The molecule has 0 saturated heterocycles. The van der Waals surface area contributed by atoms with Crippen LogP contribution in [0.1, 0.15) is 18.2 Å². The first-order valence-corrected chi connectivity index (χ1v) is 6.86. The molecule has 1 aromatic heterocycles. The molecule has 2 rings (SSSR count). The number of hydrogen-bond acceptors (Lipinski definition) is 3. The van der Waals surface area contributed by atoms with Crippen LogP contribution in [0.3, 0.4) is 0 Å². The molecule has 0 spiro atoms. The first-order valence-electron chi connectivity index (χ1n) is 6.07. The van der Waals surface area contributed by atoms with E-state index < -0.39 is 0 Å². The third-order valence-corrected chi connectivity index (χ3v) is 3.77. The van der Waals surface area contributed by atoms with Gasteiger partial charge in [-0.1, -0.05) is 13.0 Å². The molecule has 0 unspecified atom stereocenters. The molecule has 3 nitrogen and oxygen atoms in total. The number of aromatic nitrogens is 2. The highest BCUT2D eigenvalue weighted by molar-refractivity contribution is 9.10. The third-order valence-electron chi connectivity index (χ3n) is 2.93. The summed E-state index contributed by atoms with van der Waals surface area (Å²) < 4.78 is 14.3. The summed E-state index contributed by atoms with van der Waals surface area (Å²) in [5, 5.41) is 3.02. The number of hydrogen-bond donors (Lipinski definition) is 1. The SMILES string of the molecule is CCc1nc(-c2cc(F)ccc2C)nc(NC)c1Br. The number of anilines is 1. The van der Waals surface area contributed by atoms with E-state index in [4.69, 9.17) is 0 Å². The Bertz CT molecular complexity index is 589. The minimum absolute atomic E-state index is 0.281. The van der Waals surface area contributed by atoms with Crippen molar-refractivity contribution in [3.63, 3.8) is 0 Å². The number of halogens is 2. The second kappa shape index (κ2) is 5.65. The van der Waals surface area contributed by atoms with Crippen molar-refractivity contribution in [2.75, 3.05) is 12.4 Å². The zero-order valence-electron chi connectivity index (χ0n) is 11.1. The summed E-state index contributed by atoms with van der Waals surface area (Å²) in [4.78, 5) is 8.94. The van der Waals surface area contributed by atoms with Gasteiger partial charge in [-0.3, -0.25) is 0 Å². The molecule has 0 aliphatic rings. The van der Waals surface area contributed by atoms with E-state index in [0.29, 0.717) is 11.6 Å². The number of nitrogens with one attached hydrogen (secondary N) is 1. The Kier molecular flexibility index (Phi) is 4.14. The average molecular weight is 324 g/mol. The fourth-order valence-corrected chi connectivity index (χ4v) is 2.50. The van der Waals surface area contributed by atoms with Crippen molar-refractivity contribution in [3.8, 4) is 11.4 Å². The topological polar surface area (TPSA) is 37.8 Å². The van der Waals surface area contributed by atoms with E-state index >= 15 is 0 Å². The van der Waals surface area contributed by atoms with Crippen LogP contribution in [-0.4, -0.2) is 17.0 Å². The van der Waals surface area contributed by atoms with Gasteiger partial charge in [0.2, 0.25) is 0 Å². The third kappa shape index (κ3) is 2.76. The Balaban J connectivity index is 2.65. The number of nitrogens with zero attached hydrogens (tertiary/aromatic N) is 2. The lowest BCUT2D eigenvalue weighted by Gasteiger charge is -2.11. The minimum atomic E-state index is -0.281. The highest BCUT2D eigenvalue weighted by atomic mass is 79.9. The van der Waals surface area contributed by atoms with Crippen molar-refractivity contribution in [1.29, 1.82) is 0 Å². The van der Waals surface area contributed by atoms with Crippen molar-refractivity contribution < 1.29 is 4.39 Å². The zero-order valence-corrected chi connectivity index (χ0v) is 12.7. The lowest BCUT2D eigenvalue weighted by molar-refractivity contribution is 0.627. The highest BCUT2D eigenvalue weighted by Gasteiger charge is 2.13. The van der Waals surface area contributed by atoms with Gasteiger partial charge in [0.25, 0.3) is 0 Å². The van der Waals surface area contributed by atoms with Crippen LogP contribution in [0.25, 0.3) is 11.4 Å². The second-order valence-corrected chi connectivity index (χ2v) is 5.01. The molecule has 1 N–H and O–H groups in total. The quantitative estimate of drug-likeness (QED) is 0.929. The molecule has 2 aromatic rings. The van der Waals surface area contributed by atoms with Gasteiger partial charge in [-0.15, -0.1) is 0 Å². The normalized spacial score (nSPS) is 10.6. The Morgan fingerprint density at radius 3 is 2.68 bits per heavy atom. The van der Waals surface area contributed by atoms with Gasteiger partial charge in [0.1, 0.15) is 11.6 Å². The Hall–Kier alpha value is -1.49. The predicted molar refractivity (Wildman–Crippen MR) is 78.8 cm³/mol. The molecule has 0 aliphatic heterocycles. The fourth-order valence-electron chi connectivity index (χ4n) is 1.85. The zero-order chi connectivity index (χ0) is 14.0. The summed E-state index contributed by atoms with van der Waals surface area (Å²) in [6.07, 6.45) is 0.777. The first kappa shape index (κ1) is 13.9. The van der Waals surface area contributed by atoms with Gasteiger partial charge in [0, 0.05) is 12.6 Å². The number of benzene rings is 1. The molecule has 0 bridgehead atoms. The van der Waals surface area contributed by atoms with E-state index in [1.54, 1.807) is 13.1 Å². The lowest BCUT2D eigenvalue weighted by Crippen LogP contribution is -2.03. The van der Waals surface area contributed by atoms with E-state index in [1.165, 1.54) is 12.1 Å². The molecule has 0 fully saturated rings. The molecule has 100 valence electrons. The summed E-state index contributed by atoms with van der Waals surface area (Å²) in [6, 6.07) is 4.65. The van der Waals surface area contributed by atoms with Crippen LogP contribution >= 0.6 is 15.9 Å². The number of rotatable bonds is 3. The standard InChI is InChI=1S/C14H15BrFN3/c1-4-11-12(15)14(17-3)19-13(18-11)10-7-9(16)6-5-8(10)2/h5-7H,4H2,1-3H3,(H,17,18,19). The molecule has 5 heteroatoms. The van der Waals surface area contributed by atoms with Gasteiger partial charge in [-0.25, -0.2) is 14.4 Å². The summed E-state index contributed by atoms with van der Waals surface area (Å²) in [5.41, 5.74) is 2.57. The van der Waals surface area contributed by atoms with Crippen molar-refractivity contribution >= 4 is 21.7 Å². The van der Waals surface area contributed by atoms with E-state index in [1.807, 2.05) is 13.8 Å². The molecule has 0 radical (unpaired) electrons. The molecule has 0 atom stereocenters. The average Bonchev–Trinajstić information content (AvgIpc) is 2.42. The maximum absolute atomic E-state index is 13.4. The highest BCUT2D eigenvalue weighted by Crippen LogP contribution is 2.28. The van der Waals surface area contributed by atoms with E-state index in [9.17, 15) is 4.39 Å². The van der Waals surface area contributed by atoms with Crippen molar-refractivity contribution in [1.82, 2.24) is 9.97 Å². The molecule has 0 saturated carbocycles. The van der Waals surface area contributed by atoms with Crippen LogP contribution in [-0.2, 0) is 6.42 Å². The first-order chi connectivity index (χ1) is 9.06. The van der Waals surface area contributed by atoms with Crippen molar-refractivity contribution in [2.24, 2.45) is 0 Å². The van der Waals surface area contributed by atoms with Crippen LogP contribution < -0.4 is 5.32 Å².